The zero-order valence-electron chi connectivity index (χ0n) is 13.1. The quantitative estimate of drug-likeness (QED) is 0.536. The smallest absolute Gasteiger partial charge is 0.182 e. The second-order valence-electron chi connectivity index (χ2n) is 5.95. The molecule has 0 saturated heterocycles. The van der Waals surface area contributed by atoms with Gasteiger partial charge in [-0.15, -0.1) is 0 Å². The van der Waals surface area contributed by atoms with E-state index >= 15 is 0 Å². The van der Waals surface area contributed by atoms with Crippen molar-refractivity contribution >= 4 is 5.78 Å². The number of benzene rings is 2. The van der Waals surface area contributed by atoms with Gasteiger partial charge in [-0.05, 0) is 34.7 Å². The fourth-order valence-electron chi connectivity index (χ4n) is 3.36. The first-order valence-corrected chi connectivity index (χ1v) is 8.00. The van der Waals surface area contributed by atoms with Gasteiger partial charge < -0.3 is 4.57 Å². The molecule has 0 spiro atoms. The minimum atomic E-state index is 0.136. The summed E-state index contributed by atoms with van der Waals surface area (Å²) in [5, 5.41) is 0. The molecule has 3 nitrogen and oxygen atoms in total. The summed E-state index contributed by atoms with van der Waals surface area (Å²) in [4.78, 5) is 16.9. The van der Waals surface area contributed by atoms with Gasteiger partial charge >= 0.3 is 0 Å². The van der Waals surface area contributed by atoms with Crippen molar-refractivity contribution in [1.29, 1.82) is 0 Å². The second-order valence-corrected chi connectivity index (χ2v) is 5.95. The first-order valence-electron chi connectivity index (χ1n) is 8.00. The average molecular weight is 302 g/mol. The van der Waals surface area contributed by atoms with Gasteiger partial charge in [-0.2, -0.15) is 0 Å². The maximum Gasteiger partial charge on any atom is 0.182 e. The summed E-state index contributed by atoms with van der Waals surface area (Å²) < 4.78 is 1.93. The van der Waals surface area contributed by atoms with Crippen LogP contribution in [-0.4, -0.2) is 15.3 Å². The fraction of sp³-hybridized carbons (Fsp3) is 0.200. The van der Waals surface area contributed by atoms with Crippen molar-refractivity contribution in [2.45, 2.75) is 26.3 Å². The highest BCUT2D eigenvalue weighted by atomic mass is 16.1. The van der Waals surface area contributed by atoms with E-state index in [1.54, 1.807) is 6.20 Å². The topological polar surface area (TPSA) is 34.9 Å². The largest absolute Gasteiger partial charge is 0.327 e. The van der Waals surface area contributed by atoms with Gasteiger partial charge in [0.25, 0.3) is 0 Å². The van der Waals surface area contributed by atoms with Crippen LogP contribution in [0.5, 0.6) is 0 Å². The normalized spacial score (nSPS) is 12.0. The molecule has 1 aromatic heterocycles. The molecule has 0 N–H and O–H groups in total. The second kappa shape index (κ2) is 5.51. The van der Waals surface area contributed by atoms with Gasteiger partial charge in [0.05, 0.1) is 6.54 Å². The molecule has 1 heterocycles. The summed E-state index contributed by atoms with van der Waals surface area (Å²) in [6.45, 7) is 2.41. The lowest BCUT2D eigenvalue weighted by Crippen LogP contribution is -2.12. The number of imidazole rings is 1. The molecule has 1 aliphatic rings. The summed E-state index contributed by atoms with van der Waals surface area (Å²) in [5.41, 5.74) is 5.93. The lowest BCUT2D eigenvalue weighted by molar-refractivity contribution is 0.0971. The van der Waals surface area contributed by atoms with Crippen molar-refractivity contribution < 1.29 is 4.79 Å². The first-order chi connectivity index (χ1) is 11.3. The number of carbonyl (C=O) groups is 1. The molecule has 23 heavy (non-hydrogen) atoms. The molecule has 3 heteroatoms. The number of nitrogens with zero attached hydrogens (tertiary/aromatic N) is 2. The number of aromatic nitrogens is 2. The Morgan fingerprint density at radius 3 is 2.83 bits per heavy atom. The van der Waals surface area contributed by atoms with Gasteiger partial charge in [-0.25, -0.2) is 4.98 Å². The molecule has 0 atom stereocenters. The van der Waals surface area contributed by atoms with Gasteiger partial charge in [0, 0.05) is 24.4 Å². The molecule has 0 saturated carbocycles. The van der Waals surface area contributed by atoms with Gasteiger partial charge in [-0.1, -0.05) is 43.3 Å². The Morgan fingerprint density at radius 2 is 1.96 bits per heavy atom. The van der Waals surface area contributed by atoms with Gasteiger partial charge in [0.15, 0.2) is 5.78 Å². The van der Waals surface area contributed by atoms with Crippen LogP contribution < -0.4 is 0 Å². The van der Waals surface area contributed by atoms with E-state index in [4.69, 9.17) is 0 Å². The summed E-state index contributed by atoms with van der Waals surface area (Å²) in [7, 11) is 0. The van der Waals surface area contributed by atoms with E-state index in [9.17, 15) is 4.79 Å². The van der Waals surface area contributed by atoms with Crippen molar-refractivity contribution in [3.05, 3.63) is 77.4 Å². The Balaban J connectivity index is 1.62. The Morgan fingerprint density at radius 1 is 1.13 bits per heavy atom. The minimum absolute atomic E-state index is 0.136. The van der Waals surface area contributed by atoms with Gasteiger partial charge in [0.1, 0.15) is 5.82 Å². The highest BCUT2D eigenvalue weighted by Gasteiger charge is 2.19. The molecule has 0 aliphatic heterocycles. The van der Waals surface area contributed by atoms with E-state index in [1.165, 1.54) is 22.3 Å². The number of carbonyl (C=O) groups excluding carboxylic acids is 1. The molecule has 0 bridgehead atoms. The van der Waals surface area contributed by atoms with Crippen molar-refractivity contribution in [2.75, 3.05) is 0 Å². The highest BCUT2D eigenvalue weighted by molar-refractivity contribution is 5.97. The van der Waals surface area contributed by atoms with E-state index in [0.717, 1.165) is 24.2 Å². The zero-order chi connectivity index (χ0) is 15.8. The summed E-state index contributed by atoms with van der Waals surface area (Å²) in [5.74, 6) is 1.09. The Bertz CT molecular complexity index is 892. The molecule has 3 aromatic rings. The molecule has 114 valence electrons. The molecule has 1 aliphatic carbocycles. The van der Waals surface area contributed by atoms with Crippen LogP contribution in [0.1, 0.15) is 34.2 Å². The maximum absolute atomic E-state index is 12.6. The van der Waals surface area contributed by atoms with Crippen LogP contribution in [0, 0.1) is 0 Å². The van der Waals surface area contributed by atoms with Gasteiger partial charge in [0.2, 0.25) is 0 Å². The van der Waals surface area contributed by atoms with E-state index < -0.39 is 0 Å². The van der Waals surface area contributed by atoms with Crippen molar-refractivity contribution in [2.24, 2.45) is 0 Å². The van der Waals surface area contributed by atoms with Crippen LogP contribution in [0.15, 0.2) is 54.9 Å². The summed E-state index contributed by atoms with van der Waals surface area (Å²) in [6.07, 6.45) is 5.38. The van der Waals surface area contributed by atoms with Crippen molar-refractivity contribution in [1.82, 2.24) is 9.55 Å². The van der Waals surface area contributed by atoms with E-state index in [2.05, 4.69) is 48.3 Å². The molecule has 0 unspecified atom stereocenters. The standard InChI is InChI=1S/C20H18N2O/c1-2-20-21-9-10-22(20)13-19(23)15-7-8-18-16(12-15)11-14-5-3-4-6-17(14)18/h3-10,12H,2,11,13H2,1H3. The number of fused-ring (bicyclic) bond motifs is 3. The number of ketones is 1. The molecule has 2 aromatic carbocycles. The molecular formula is C20H18N2O. The van der Waals surface area contributed by atoms with Gasteiger partial charge in [-0.3, -0.25) is 4.79 Å². The van der Waals surface area contributed by atoms with Crippen molar-refractivity contribution in [3.63, 3.8) is 0 Å². The van der Waals surface area contributed by atoms with E-state index in [1.807, 2.05) is 16.8 Å². The highest BCUT2D eigenvalue weighted by Crippen LogP contribution is 2.36. The molecular weight excluding hydrogens is 284 g/mol. The third-order valence-corrected chi connectivity index (χ3v) is 4.55. The van der Waals surface area contributed by atoms with E-state index in [-0.39, 0.29) is 5.78 Å². The number of Topliss-reactive ketones (excluding diaryl/α,β-unsaturated/α-hetero) is 1. The number of hydrogen-bond acceptors (Lipinski definition) is 2. The number of aryl methyl sites for hydroxylation is 1. The minimum Gasteiger partial charge on any atom is -0.327 e. The average Bonchev–Trinajstić information content (AvgIpc) is 3.17. The van der Waals surface area contributed by atoms with Crippen LogP contribution >= 0.6 is 0 Å². The van der Waals surface area contributed by atoms with Crippen LogP contribution in [0.2, 0.25) is 0 Å². The predicted molar refractivity (Wildman–Crippen MR) is 90.6 cm³/mol. The van der Waals surface area contributed by atoms with Crippen molar-refractivity contribution in [3.8, 4) is 11.1 Å². The molecule has 0 fully saturated rings. The maximum atomic E-state index is 12.6. The Labute approximate surface area is 135 Å². The first kappa shape index (κ1) is 13.9. The van der Waals surface area contributed by atoms with Crippen LogP contribution in [0.25, 0.3) is 11.1 Å². The lowest BCUT2D eigenvalue weighted by Gasteiger charge is -2.07. The Kier molecular flexibility index (Phi) is 3.34. The summed E-state index contributed by atoms with van der Waals surface area (Å²) >= 11 is 0. The zero-order valence-corrected chi connectivity index (χ0v) is 13.1. The van der Waals surface area contributed by atoms with E-state index in [0.29, 0.717) is 6.54 Å². The van der Waals surface area contributed by atoms with Crippen LogP contribution in [0.3, 0.4) is 0 Å². The Hall–Kier alpha value is -2.68. The molecule has 4 rings (SSSR count). The molecule has 0 radical (unpaired) electrons. The monoisotopic (exact) mass is 302 g/mol. The third-order valence-electron chi connectivity index (χ3n) is 4.55. The SMILES string of the molecule is CCc1nccn1CC(=O)c1ccc2c(c1)Cc1ccccc1-2. The van der Waals surface area contributed by atoms with Crippen LogP contribution in [-0.2, 0) is 19.4 Å². The number of rotatable bonds is 4. The summed E-state index contributed by atoms with van der Waals surface area (Å²) in [6, 6.07) is 14.5. The van der Waals surface area contributed by atoms with Crippen LogP contribution in [0.4, 0.5) is 0 Å². The number of hydrogen-bond donors (Lipinski definition) is 0. The fourth-order valence-corrected chi connectivity index (χ4v) is 3.36. The third kappa shape index (κ3) is 2.38. The molecule has 0 amide bonds. The lowest BCUT2D eigenvalue weighted by atomic mass is 10.0. The predicted octanol–water partition coefficient (Wildman–Crippen LogP) is 3.90.